The molecule has 0 bridgehead atoms. The van der Waals surface area contributed by atoms with E-state index in [0.29, 0.717) is 15.8 Å². The largest absolute Gasteiger partial charge is 0.226 e. The Morgan fingerprint density at radius 3 is 2.45 bits per heavy atom. The molecule has 114 valence electrons. The van der Waals surface area contributed by atoms with Gasteiger partial charge in [-0.1, -0.05) is 29.3 Å². The maximum atomic E-state index is 6.25. The second kappa shape index (κ2) is 6.36. The van der Waals surface area contributed by atoms with E-state index in [9.17, 15) is 0 Å². The van der Waals surface area contributed by atoms with Crippen molar-refractivity contribution in [3.05, 3.63) is 50.1 Å². The summed E-state index contributed by atoms with van der Waals surface area (Å²) in [7, 11) is 0. The molecule has 2 heterocycles. The predicted molar refractivity (Wildman–Crippen MR) is 97.6 cm³/mol. The number of aryl methyl sites for hydroxylation is 3. The minimum Gasteiger partial charge on any atom is -0.226 e. The second-order valence-corrected chi connectivity index (χ2v) is 8.01. The fourth-order valence-corrected chi connectivity index (χ4v) is 5.24. The number of benzene rings is 1. The van der Waals surface area contributed by atoms with Gasteiger partial charge in [0.25, 0.3) is 0 Å². The van der Waals surface area contributed by atoms with Crippen molar-refractivity contribution in [1.29, 1.82) is 0 Å². The van der Waals surface area contributed by atoms with Crippen molar-refractivity contribution in [2.75, 3.05) is 0 Å². The zero-order valence-corrected chi connectivity index (χ0v) is 15.6. The van der Waals surface area contributed by atoms with Crippen LogP contribution in [0, 0.1) is 20.8 Å². The summed E-state index contributed by atoms with van der Waals surface area (Å²) in [6.07, 6.45) is 0. The average molecular weight is 369 g/mol. The minimum atomic E-state index is 0.693. The van der Waals surface area contributed by atoms with Gasteiger partial charge < -0.3 is 0 Å². The normalized spacial score (nSPS) is 11.3. The predicted octanol–water partition coefficient (Wildman–Crippen LogP) is 6.22. The molecule has 6 heteroatoms. The highest BCUT2D eigenvalue weighted by atomic mass is 35.5. The van der Waals surface area contributed by atoms with Crippen molar-refractivity contribution < 1.29 is 0 Å². The van der Waals surface area contributed by atoms with E-state index in [1.54, 1.807) is 23.1 Å². The molecule has 0 aliphatic rings. The summed E-state index contributed by atoms with van der Waals surface area (Å²) >= 11 is 15.9. The fourth-order valence-electron chi connectivity index (χ4n) is 2.23. The molecule has 0 aliphatic carbocycles. The monoisotopic (exact) mass is 368 g/mol. The molecule has 0 spiro atoms. The smallest absolute Gasteiger partial charge is 0.128 e. The molecule has 0 aliphatic heterocycles. The maximum Gasteiger partial charge on any atom is 0.128 e. The van der Waals surface area contributed by atoms with E-state index in [1.165, 1.54) is 10.4 Å². The third-order valence-electron chi connectivity index (χ3n) is 3.52. The fraction of sp³-hybridized carbons (Fsp3) is 0.250. The highest BCUT2D eigenvalue weighted by molar-refractivity contribution is 7.98. The summed E-state index contributed by atoms with van der Waals surface area (Å²) in [6, 6.07) is 5.59. The summed E-state index contributed by atoms with van der Waals surface area (Å²) in [5, 5.41) is 3.54. The lowest BCUT2D eigenvalue weighted by Crippen LogP contribution is -1.92. The zero-order chi connectivity index (χ0) is 15.9. The van der Waals surface area contributed by atoms with Crippen LogP contribution in [-0.2, 0) is 5.75 Å². The first kappa shape index (κ1) is 16.1. The van der Waals surface area contributed by atoms with E-state index >= 15 is 0 Å². The van der Waals surface area contributed by atoms with Crippen molar-refractivity contribution in [3.8, 4) is 0 Å². The molecule has 0 amide bonds. The van der Waals surface area contributed by atoms with Crippen LogP contribution in [0.1, 0.15) is 21.8 Å². The molecule has 0 saturated heterocycles. The van der Waals surface area contributed by atoms with Crippen LogP contribution in [0.25, 0.3) is 10.2 Å². The Kier molecular flexibility index (Phi) is 4.64. The van der Waals surface area contributed by atoms with Crippen LogP contribution in [0.3, 0.4) is 0 Å². The van der Waals surface area contributed by atoms with Crippen LogP contribution in [0.5, 0.6) is 0 Å². The molecule has 0 unspecified atom stereocenters. The van der Waals surface area contributed by atoms with Crippen molar-refractivity contribution in [2.45, 2.75) is 31.6 Å². The van der Waals surface area contributed by atoms with Gasteiger partial charge in [-0.2, -0.15) is 0 Å². The van der Waals surface area contributed by atoms with E-state index in [2.05, 4.69) is 23.8 Å². The summed E-state index contributed by atoms with van der Waals surface area (Å²) in [6.45, 7) is 6.17. The number of hydrogen-bond acceptors (Lipinski definition) is 4. The van der Waals surface area contributed by atoms with Crippen molar-refractivity contribution in [2.24, 2.45) is 0 Å². The average Bonchev–Trinajstić information content (AvgIpc) is 2.73. The lowest BCUT2D eigenvalue weighted by molar-refractivity contribution is 1.01. The Bertz CT molecular complexity index is 839. The number of hydrogen-bond donors (Lipinski definition) is 0. The molecule has 2 nitrogen and oxygen atoms in total. The van der Waals surface area contributed by atoms with Crippen LogP contribution >= 0.6 is 46.3 Å². The van der Waals surface area contributed by atoms with Crippen LogP contribution in [-0.4, -0.2) is 9.97 Å². The third-order valence-corrected chi connectivity index (χ3v) is 6.33. The molecule has 0 saturated carbocycles. The van der Waals surface area contributed by atoms with Gasteiger partial charge in [-0.25, -0.2) is 9.97 Å². The number of rotatable bonds is 3. The number of thiophene rings is 1. The number of thioether (sulfide) groups is 1. The summed E-state index contributed by atoms with van der Waals surface area (Å²) in [5.74, 6) is 1.49. The molecule has 1 aromatic carbocycles. The summed E-state index contributed by atoms with van der Waals surface area (Å²) in [4.78, 5) is 11.5. The van der Waals surface area contributed by atoms with Crippen molar-refractivity contribution in [1.82, 2.24) is 9.97 Å². The van der Waals surface area contributed by atoms with E-state index < -0.39 is 0 Å². The van der Waals surface area contributed by atoms with Gasteiger partial charge in [0, 0.05) is 26.1 Å². The van der Waals surface area contributed by atoms with E-state index in [-0.39, 0.29) is 0 Å². The van der Waals surface area contributed by atoms with Gasteiger partial charge >= 0.3 is 0 Å². The Morgan fingerprint density at radius 1 is 1.09 bits per heavy atom. The first-order chi connectivity index (χ1) is 10.5. The van der Waals surface area contributed by atoms with Gasteiger partial charge in [0.15, 0.2) is 0 Å². The second-order valence-electron chi connectivity index (χ2n) is 5.03. The third kappa shape index (κ3) is 2.98. The maximum absolute atomic E-state index is 6.25. The molecule has 0 radical (unpaired) electrons. The van der Waals surface area contributed by atoms with Crippen LogP contribution < -0.4 is 0 Å². The number of nitrogens with zero attached hydrogens (tertiary/aromatic N) is 2. The summed E-state index contributed by atoms with van der Waals surface area (Å²) < 4.78 is 0. The highest BCUT2D eigenvalue weighted by Gasteiger charge is 2.15. The van der Waals surface area contributed by atoms with Crippen molar-refractivity contribution >= 4 is 56.5 Å². The number of aromatic nitrogens is 2. The van der Waals surface area contributed by atoms with Gasteiger partial charge in [-0.3, -0.25) is 0 Å². The number of halogens is 2. The first-order valence-electron chi connectivity index (χ1n) is 6.77. The lowest BCUT2D eigenvalue weighted by Gasteiger charge is -2.08. The van der Waals surface area contributed by atoms with Gasteiger partial charge in [0.05, 0.1) is 0 Å². The Balaban J connectivity index is 2.01. The molecule has 0 fully saturated rings. The Labute approximate surface area is 147 Å². The van der Waals surface area contributed by atoms with Gasteiger partial charge in [0.2, 0.25) is 0 Å². The van der Waals surface area contributed by atoms with Gasteiger partial charge in [-0.05, 0) is 44.0 Å². The van der Waals surface area contributed by atoms with Gasteiger partial charge in [0.1, 0.15) is 15.7 Å². The molecule has 0 N–H and O–H groups in total. The molecule has 3 aromatic rings. The molecule has 2 aromatic heterocycles. The van der Waals surface area contributed by atoms with E-state index in [0.717, 1.165) is 26.6 Å². The molecular formula is C16H14Cl2N2S2. The molecule has 0 atom stereocenters. The highest BCUT2D eigenvalue weighted by Crippen LogP contribution is 2.38. The zero-order valence-electron chi connectivity index (χ0n) is 12.4. The Hall–Kier alpha value is -0.810. The quantitative estimate of drug-likeness (QED) is 0.405. The molecule has 3 rings (SSSR count). The van der Waals surface area contributed by atoms with Gasteiger partial charge in [-0.15, -0.1) is 23.1 Å². The van der Waals surface area contributed by atoms with Crippen LogP contribution in [0.2, 0.25) is 10.0 Å². The number of fused-ring (bicyclic) bond motifs is 1. The first-order valence-corrected chi connectivity index (χ1v) is 9.33. The van der Waals surface area contributed by atoms with E-state index in [1.807, 2.05) is 25.1 Å². The molecule has 22 heavy (non-hydrogen) atoms. The standard InChI is InChI=1S/C16H14Cl2N2S2/c1-8-9(2)22-16-14(8)15(19-10(3)20-16)21-7-11-12(17)5-4-6-13(11)18/h4-6H,7H2,1-3H3. The minimum absolute atomic E-state index is 0.693. The van der Waals surface area contributed by atoms with Crippen LogP contribution in [0.15, 0.2) is 23.2 Å². The summed E-state index contributed by atoms with van der Waals surface area (Å²) in [5.41, 5.74) is 2.21. The van der Waals surface area contributed by atoms with E-state index in [4.69, 9.17) is 23.2 Å². The Morgan fingerprint density at radius 2 is 1.77 bits per heavy atom. The SMILES string of the molecule is Cc1nc(SCc2c(Cl)cccc2Cl)c2c(C)c(C)sc2n1. The van der Waals surface area contributed by atoms with Crippen molar-refractivity contribution in [3.63, 3.8) is 0 Å². The van der Waals surface area contributed by atoms with Crippen LogP contribution in [0.4, 0.5) is 0 Å². The topological polar surface area (TPSA) is 25.8 Å². The molecular weight excluding hydrogens is 355 g/mol. The lowest BCUT2D eigenvalue weighted by atomic mass is 10.2.